The van der Waals surface area contributed by atoms with Crippen LogP contribution in [0.2, 0.25) is 0 Å². The largest absolute Gasteiger partial charge is 0.435 e. The van der Waals surface area contributed by atoms with Gasteiger partial charge in [-0.25, -0.2) is 0 Å². The summed E-state index contributed by atoms with van der Waals surface area (Å²) in [5.41, 5.74) is -0.929. The van der Waals surface area contributed by atoms with Crippen molar-refractivity contribution < 1.29 is 18.0 Å². The van der Waals surface area contributed by atoms with Crippen LogP contribution >= 0.6 is 0 Å². The minimum Gasteiger partial charge on any atom is -0.354 e. The van der Waals surface area contributed by atoms with E-state index in [4.69, 9.17) is 0 Å². The number of nitrogens with zero attached hydrogens (tertiary/aromatic N) is 2. The lowest BCUT2D eigenvalue weighted by Gasteiger charge is -2.07. The zero-order chi connectivity index (χ0) is 11.1. The molecule has 0 spiro atoms. The maximum atomic E-state index is 12.2. The maximum absolute atomic E-state index is 12.2. The molecule has 1 unspecified atom stereocenters. The van der Waals surface area contributed by atoms with Gasteiger partial charge in [-0.05, 0) is 6.07 Å². The van der Waals surface area contributed by atoms with E-state index in [0.29, 0.717) is 6.54 Å². The second kappa shape index (κ2) is 3.25. The lowest BCUT2D eigenvalue weighted by molar-refractivity contribution is -0.141. The second-order valence-electron chi connectivity index (χ2n) is 3.34. The molecule has 1 saturated heterocycles. The molecule has 0 saturated carbocycles. The predicted molar refractivity (Wildman–Crippen MR) is 43.9 cm³/mol. The van der Waals surface area contributed by atoms with Gasteiger partial charge in [0, 0.05) is 12.7 Å². The fraction of sp³-hybridized carbons (Fsp3) is 0.500. The van der Waals surface area contributed by atoms with Crippen LogP contribution in [-0.4, -0.2) is 22.2 Å². The Balaban J connectivity index is 2.17. The highest BCUT2D eigenvalue weighted by Gasteiger charge is 2.34. The summed E-state index contributed by atoms with van der Waals surface area (Å²) in [7, 11) is 0. The standard InChI is InChI=1S/C8H8F3N3O/c9-8(10,11)6-1-2-14(13-6)5-3-7(15)12-4-5/h1-2,5H,3-4H2,(H,12,15). The Hall–Kier alpha value is -1.53. The first-order valence-corrected chi connectivity index (χ1v) is 4.36. The highest BCUT2D eigenvalue weighted by Crippen LogP contribution is 2.28. The third kappa shape index (κ3) is 1.95. The summed E-state index contributed by atoms with van der Waals surface area (Å²) in [6, 6.07) is 0.594. The summed E-state index contributed by atoms with van der Waals surface area (Å²) in [5, 5.41) is 5.93. The fourth-order valence-electron chi connectivity index (χ4n) is 1.47. The molecule has 1 aliphatic rings. The Kier molecular flexibility index (Phi) is 2.17. The van der Waals surface area contributed by atoms with E-state index < -0.39 is 11.9 Å². The number of hydrogen-bond acceptors (Lipinski definition) is 2. The topological polar surface area (TPSA) is 46.9 Å². The van der Waals surface area contributed by atoms with E-state index in [1.54, 1.807) is 0 Å². The summed E-state index contributed by atoms with van der Waals surface area (Å²) >= 11 is 0. The lowest BCUT2D eigenvalue weighted by Crippen LogP contribution is -2.16. The van der Waals surface area contributed by atoms with E-state index in [0.717, 1.165) is 6.07 Å². The van der Waals surface area contributed by atoms with E-state index >= 15 is 0 Å². The van der Waals surface area contributed by atoms with E-state index in [2.05, 4.69) is 10.4 Å². The number of carbonyl (C=O) groups is 1. The normalized spacial score (nSPS) is 21.8. The Morgan fingerprint density at radius 1 is 1.53 bits per heavy atom. The summed E-state index contributed by atoms with van der Waals surface area (Å²) < 4.78 is 37.8. The van der Waals surface area contributed by atoms with Crippen LogP contribution in [0.25, 0.3) is 0 Å². The minimum atomic E-state index is -4.43. The van der Waals surface area contributed by atoms with Crippen molar-refractivity contribution in [1.82, 2.24) is 15.1 Å². The molecular formula is C8H8F3N3O. The Bertz CT molecular complexity index is 385. The monoisotopic (exact) mass is 219 g/mol. The average molecular weight is 219 g/mol. The summed E-state index contributed by atoms with van der Waals surface area (Å²) in [5.74, 6) is -0.163. The van der Waals surface area contributed by atoms with E-state index in [9.17, 15) is 18.0 Å². The van der Waals surface area contributed by atoms with Crippen molar-refractivity contribution in [2.75, 3.05) is 6.54 Å². The summed E-state index contributed by atoms with van der Waals surface area (Å²) in [4.78, 5) is 10.9. The highest BCUT2D eigenvalue weighted by molar-refractivity contribution is 5.78. The van der Waals surface area contributed by atoms with Crippen molar-refractivity contribution in [3.05, 3.63) is 18.0 Å². The zero-order valence-electron chi connectivity index (χ0n) is 7.58. The van der Waals surface area contributed by atoms with Gasteiger partial charge in [-0.1, -0.05) is 0 Å². The molecule has 0 radical (unpaired) electrons. The van der Waals surface area contributed by atoms with Gasteiger partial charge in [0.25, 0.3) is 0 Å². The number of hydrogen-bond donors (Lipinski definition) is 1. The molecule has 15 heavy (non-hydrogen) atoms. The van der Waals surface area contributed by atoms with Gasteiger partial charge >= 0.3 is 6.18 Å². The number of halogens is 3. The minimum absolute atomic E-state index is 0.163. The Labute approximate surface area is 83.1 Å². The number of nitrogens with one attached hydrogen (secondary N) is 1. The number of alkyl halides is 3. The van der Waals surface area contributed by atoms with Gasteiger partial charge in [0.05, 0.1) is 12.5 Å². The van der Waals surface area contributed by atoms with Gasteiger partial charge in [0.1, 0.15) is 0 Å². The molecule has 0 aromatic carbocycles. The molecule has 0 bridgehead atoms. The van der Waals surface area contributed by atoms with Gasteiger partial charge in [-0.2, -0.15) is 18.3 Å². The first-order valence-electron chi connectivity index (χ1n) is 4.36. The fourth-order valence-corrected chi connectivity index (χ4v) is 1.47. The van der Waals surface area contributed by atoms with Crippen LogP contribution in [0.15, 0.2) is 12.3 Å². The predicted octanol–water partition coefficient (Wildman–Crippen LogP) is 0.963. The van der Waals surface area contributed by atoms with Crippen LogP contribution in [0, 0.1) is 0 Å². The summed E-state index contributed by atoms with van der Waals surface area (Å²) in [6.07, 6.45) is -3.01. The van der Waals surface area contributed by atoms with Gasteiger partial charge in [-0.3, -0.25) is 9.48 Å². The van der Waals surface area contributed by atoms with Crippen molar-refractivity contribution >= 4 is 5.91 Å². The highest BCUT2D eigenvalue weighted by atomic mass is 19.4. The second-order valence-corrected chi connectivity index (χ2v) is 3.34. The molecule has 1 amide bonds. The van der Waals surface area contributed by atoms with Gasteiger partial charge < -0.3 is 5.32 Å². The molecule has 82 valence electrons. The SMILES string of the molecule is O=C1CC(n2ccc(C(F)(F)F)n2)CN1. The van der Waals surface area contributed by atoms with Crippen LogP contribution < -0.4 is 5.32 Å². The molecule has 7 heteroatoms. The van der Waals surface area contributed by atoms with Crippen LogP contribution in [0.5, 0.6) is 0 Å². The molecule has 2 heterocycles. The van der Waals surface area contributed by atoms with Crippen molar-refractivity contribution in [3.8, 4) is 0 Å². The van der Waals surface area contributed by atoms with Crippen LogP contribution in [0.3, 0.4) is 0 Å². The van der Waals surface area contributed by atoms with Gasteiger partial charge in [-0.15, -0.1) is 0 Å². The van der Waals surface area contributed by atoms with Crippen LogP contribution in [0.1, 0.15) is 18.2 Å². The number of aromatic nitrogens is 2. The van der Waals surface area contributed by atoms with Crippen molar-refractivity contribution in [2.24, 2.45) is 0 Å². The van der Waals surface area contributed by atoms with Crippen molar-refractivity contribution in [3.63, 3.8) is 0 Å². The molecule has 1 aromatic heterocycles. The third-order valence-electron chi connectivity index (χ3n) is 2.23. The third-order valence-corrected chi connectivity index (χ3v) is 2.23. The van der Waals surface area contributed by atoms with Gasteiger partial charge in [0.15, 0.2) is 5.69 Å². The zero-order valence-corrected chi connectivity index (χ0v) is 7.58. The van der Waals surface area contributed by atoms with Crippen molar-refractivity contribution in [2.45, 2.75) is 18.6 Å². The Morgan fingerprint density at radius 2 is 2.27 bits per heavy atom. The molecule has 1 aromatic rings. The maximum Gasteiger partial charge on any atom is 0.435 e. The van der Waals surface area contributed by atoms with Crippen molar-refractivity contribution in [1.29, 1.82) is 0 Å². The van der Waals surface area contributed by atoms with Gasteiger partial charge in [0.2, 0.25) is 5.91 Å². The van der Waals surface area contributed by atoms with E-state index in [-0.39, 0.29) is 18.4 Å². The smallest absolute Gasteiger partial charge is 0.354 e. The molecule has 4 nitrogen and oxygen atoms in total. The lowest BCUT2D eigenvalue weighted by atomic mass is 10.3. The quantitative estimate of drug-likeness (QED) is 0.764. The molecule has 1 aliphatic heterocycles. The Morgan fingerprint density at radius 3 is 2.73 bits per heavy atom. The van der Waals surface area contributed by atoms with E-state index in [1.807, 2.05) is 0 Å². The first kappa shape index (κ1) is 10.0. The molecule has 0 aliphatic carbocycles. The number of amides is 1. The molecular weight excluding hydrogens is 211 g/mol. The molecule has 1 fully saturated rings. The average Bonchev–Trinajstić information content (AvgIpc) is 2.69. The van der Waals surface area contributed by atoms with E-state index in [1.165, 1.54) is 10.9 Å². The number of rotatable bonds is 1. The summed E-state index contributed by atoms with van der Waals surface area (Å²) in [6.45, 7) is 0.331. The molecule has 2 rings (SSSR count). The van der Waals surface area contributed by atoms with Crippen LogP contribution in [-0.2, 0) is 11.0 Å². The van der Waals surface area contributed by atoms with Crippen LogP contribution in [0.4, 0.5) is 13.2 Å². The first-order chi connectivity index (χ1) is 6.97. The molecule has 1 N–H and O–H groups in total. The number of carbonyl (C=O) groups excluding carboxylic acids is 1. The molecule has 1 atom stereocenters.